The monoisotopic (exact) mass is 330 g/mol. The van der Waals surface area contributed by atoms with Gasteiger partial charge >= 0.3 is 0 Å². The van der Waals surface area contributed by atoms with Crippen LogP contribution in [0.15, 0.2) is 29.6 Å². The summed E-state index contributed by atoms with van der Waals surface area (Å²) >= 11 is 1.79. The smallest absolute Gasteiger partial charge is 0.222 e. The predicted molar refractivity (Wildman–Crippen MR) is 97.8 cm³/mol. The van der Waals surface area contributed by atoms with E-state index in [0.29, 0.717) is 6.42 Å². The summed E-state index contributed by atoms with van der Waals surface area (Å²) in [5.41, 5.74) is 7.45. The molecule has 1 fully saturated rings. The SMILES string of the molecule is CC(N)C1CCCCN1C(=O)CCCc1csc2ccccc12. The standard InChI is InChI=1S/C19H26N2OS/c1-14(20)17-9-4-5-12-21(17)19(22)11-6-7-15-13-23-18-10-3-2-8-16(15)18/h2-3,8,10,13-14,17H,4-7,9,11-12,20H2,1H3. The zero-order chi connectivity index (χ0) is 16.2. The van der Waals surface area contributed by atoms with Gasteiger partial charge in [0.2, 0.25) is 5.91 Å². The fourth-order valence-corrected chi connectivity index (χ4v) is 4.61. The van der Waals surface area contributed by atoms with Crippen LogP contribution in [0.4, 0.5) is 0 Å². The van der Waals surface area contributed by atoms with Crippen molar-refractivity contribution in [2.24, 2.45) is 5.73 Å². The molecule has 1 amide bonds. The molecular formula is C19H26N2OS. The van der Waals surface area contributed by atoms with Crippen molar-refractivity contribution in [2.75, 3.05) is 6.54 Å². The van der Waals surface area contributed by atoms with E-state index in [2.05, 4.69) is 29.6 Å². The van der Waals surface area contributed by atoms with E-state index in [9.17, 15) is 4.79 Å². The first-order chi connectivity index (χ1) is 11.2. The number of thiophene rings is 1. The summed E-state index contributed by atoms with van der Waals surface area (Å²) in [4.78, 5) is 14.6. The van der Waals surface area contributed by atoms with Crippen LogP contribution < -0.4 is 5.73 Å². The number of carbonyl (C=O) groups excluding carboxylic acids is 1. The van der Waals surface area contributed by atoms with E-state index in [4.69, 9.17) is 5.73 Å². The lowest BCUT2D eigenvalue weighted by Gasteiger charge is -2.38. The van der Waals surface area contributed by atoms with Gasteiger partial charge in [0, 0.05) is 29.7 Å². The number of benzene rings is 1. The van der Waals surface area contributed by atoms with Crippen LogP contribution in [0.25, 0.3) is 10.1 Å². The van der Waals surface area contributed by atoms with Gasteiger partial charge in [0.05, 0.1) is 0 Å². The van der Waals surface area contributed by atoms with E-state index in [-0.39, 0.29) is 18.0 Å². The van der Waals surface area contributed by atoms with E-state index in [1.54, 1.807) is 11.3 Å². The van der Waals surface area contributed by atoms with Crippen LogP contribution in [0.1, 0.15) is 44.6 Å². The Hall–Kier alpha value is -1.39. The molecule has 23 heavy (non-hydrogen) atoms. The molecule has 2 atom stereocenters. The molecule has 0 aliphatic carbocycles. The largest absolute Gasteiger partial charge is 0.338 e. The van der Waals surface area contributed by atoms with Crippen LogP contribution in [0, 0.1) is 0 Å². The molecule has 2 aromatic rings. The fourth-order valence-electron chi connectivity index (χ4n) is 3.61. The molecule has 3 rings (SSSR count). The third-order valence-electron chi connectivity index (χ3n) is 4.87. The van der Waals surface area contributed by atoms with Gasteiger partial charge in [0.25, 0.3) is 0 Å². The van der Waals surface area contributed by atoms with Gasteiger partial charge in [0.1, 0.15) is 0 Å². The van der Waals surface area contributed by atoms with Crippen molar-refractivity contribution in [3.8, 4) is 0 Å². The first-order valence-corrected chi connectivity index (χ1v) is 9.55. The Morgan fingerprint density at radius 1 is 1.39 bits per heavy atom. The van der Waals surface area contributed by atoms with Crippen LogP contribution in [0.3, 0.4) is 0 Å². The van der Waals surface area contributed by atoms with E-state index in [1.165, 1.54) is 22.1 Å². The second kappa shape index (κ2) is 7.45. The van der Waals surface area contributed by atoms with Crippen LogP contribution in [0.2, 0.25) is 0 Å². The molecule has 3 nitrogen and oxygen atoms in total. The summed E-state index contributed by atoms with van der Waals surface area (Å²) in [6, 6.07) is 8.81. The first-order valence-electron chi connectivity index (χ1n) is 8.67. The highest BCUT2D eigenvalue weighted by atomic mass is 32.1. The number of rotatable bonds is 5. The Balaban J connectivity index is 1.56. The molecule has 124 valence electrons. The number of hydrogen-bond donors (Lipinski definition) is 1. The van der Waals surface area contributed by atoms with Crippen molar-refractivity contribution in [3.63, 3.8) is 0 Å². The molecular weight excluding hydrogens is 304 g/mol. The predicted octanol–water partition coefficient (Wildman–Crippen LogP) is 3.95. The number of carbonyl (C=O) groups is 1. The van der Waals surface area contributed by atoms with Crippen molar-refractivity contribution in [1.29, 1.82) is 0 Å². The number of aryl methyl sites for hydroxylation is 1. The van der Waals surface area contributed by atoms with E-state index >= 15 is 0 Å². The molecule has 2 N–H and O–H groups in total. The molecule has 0 radical (unpaired) electrons. The van der Waals surface area contributed by atoms with Crippen molar-refractivity contribution in [3.05, 3.63) is 35.2 Å². The highest BCUT2D eigenvalue weighted by molar-refractivity contribution is 7.17. The zero-order valence-electron chi connectivity index (χ0n) is 13.8. The quantitative estimate of drug-likeness (QED) is 0.902. The molecule has 0 saturated carbocycles. The van der Waals surface area contributed by atoms with Crippen molar-refractivity contribution in [2.45, 2.75) is 57.5 Å². The summed E-state index contributed by atoms with van der Waals surface area (Å²) < 4.78 is 1.34. The van der Waals surface area contributed by atoms with Gasteiger partial charge < -0.3 is 10.6 Å². The van der Waals surface area contributed by atoms with Gasteiger partial charge in [-0.15, -0.1) is 11.3 Å². The normalized spacial score (nSPS) is 19.9. The van der Waals surface area contributed by atoms with Crippen LogP contribution in [0.5, 0.6) is 0 Å². The topological polar surface area (TPSA) is 46.3 Å². The van der Waals surface area contributed by atoms with Crippen LogP contribution in [-0.2, 0) is 11.2 Å². The maximum atomic E-state index is 12.6. The third-order valence-corrected chi connectivity index (χ3v) is 5.89. The Morgan fingerprint density at radius 2 is 2.22 bits per heavy atom. The number of fused-ring (bicyclic) bond motifs is 1. The number of nitrogens with zero attached hydrogens (tertiary/aromatic N) is 1. The number of likely N-dealkylation sites (tertiary alicyclic amines) is 1. The van der Waals surface area contributed by atoms with Crippen LogP contribution >= 0.6 is 11.3 Å². The summed E-state index contributed by atoms with van der Waals surface area (Å²) in [7, 11) is 0. The molecule has 1 aromatic heterocycles. The van der Waals surface area contributed by atoms with Gasteiger partial charge in [-0.25, -0.2) is 0 Å². The van der Waals surface area contributed by atoms with E-state index in [0.717, 1.165) is 32.2 Å². The van der Waals surface area contributed by atoms with Crippen molar-refractivity contribution < 1.29 is 4.79 Å². The minimum absolute atomic E-state index is 0.0695. The number of nitrogens with two attached hydrogens (primary N) is 1. The Bertz CT molecular complexity index is 664. The minimum Gasteiger partial charge on any atom is -0.338 e. The molecule has 1 aliphatic heterocycles. The highest BCUT2D eigenvalue weighted by Gasteiger charge is 2.28. The first kappa shape index (κ1) is 16.5. The second-order valence-corrected chi connectivity index (χ2v) is 7.53. The van der Waals surface area contributed by atoms with Gasteiger partial charge in [-0.1, -0.05) is 18.2 Å². The number of hydrogen-bond acceptors (Lipinski definition) is 3. The molecule has 2 unspecified atom stereocenters. The second-order valence-electron chi connectivity index (χ2n) is 6.62. The lowest BCUT2D eigenvalue weighted by atomic mass is 9.96. The van der Waals surface area contributed by atoms with Gasteiger partial charge in [-0.05, 0) is 61.4 Å². The summed E-state index contributed by atoms with van der Waals surface area (Å²) in [5.74, 6) is 0.284. The Morgan fingerprint density at radius 3 is 3.04 bits per heavy atom. The maximum Gasteiger partial charge on any atom is 0.222 e. The average Bonchev–Trinajstić information content (AvgIpc) is 2.98. The van der Waals surface area contributed by atoms with Crippen molar-refractivity contribution >= 4 is 27.3 Å². The third kappa shape index (κ3) is 3.75. The van der Waals surface area contributed by atoms with E-state index < -0.39 is 0 Å². The lowest BCUT2D eigenvalue weighted by Crippen LogP contribution is -2.51. The van der Waals surface area contributed by atoms with Gasteiger partial charge in [-0.3, -0.25) is 4.79 Å². The lowest BCUT2D eigenvalue weighted by molar-refractivity contribution is -0.135. The maximum absolute atomic E-state index is 12.6. The van der Waals surface area contributed by atoms with Crippen molar-refractivity contribution in [1.82, 2.24) is 4.90 Å². The summed E-state index contributed by atoms with van der Waals surface area (Å²) in [5, 5.41) is 3.58. The number of amides is 1. The van der Waals surface area contributed by atoms with Crippen LogP contribution in [-0.4, -0.2) is 29.4 Å². The van der Waals surface area contributed by atoms with E-state index in [1.807, 2.05) is 11.8 Å². The Labute approximate surface area is 142 Å². The summed E-state index contributed by atoms with van der Waals surface area (Å²) in [6.07, 6.45) is 5.89. The van der Waals surface area contributed by atoms with Gasteiger partial charge in [0.15, 0.2) is 0 Å². The molecule has 0 spiro atoms. The molecule has 1 saturated heterocycles. The Kier molecular flexibility index (Phi) is 5.34. The molecule has 2 heterocycles. The number of piperidine rings is 1. The minimum atomic E-state index is 0.0695. The molecule has 4 heteroatoms. The zero-order valence-corrected chi connectivity index (χ0v) is 14.6. The van der Waals surface area contributed by atoms with Gasteiger partial charge in [-0.2, -0.15) is 0 Å². The molecule has 1 aliphatic rings. The fraction of sp³-hybridized carbons (Fsp3) is 0.526. The highest BCUT2D eigenvalue weighted by Crippen LogP contribution is 2.27. The summed E-state index contributed by atoms with van der Waals surface area (Å²) in [6.45, 7) is 2.90. The average molecular weight is 330 g/mol. The molecule has 1 aromatic carbocycles. The molecule has 0 bridgehead atoms.